The molecule has 208 valence electrons. The molecule has 2 aliphatic heterocycles. The molecule has 12 nitrogen and oxygen atoms in total. The number of nitrogens with one attached hydrogen (secondary N) is 1. The number of primary amides is 1. The molecule has 0 radical (unpaired) electrons. The van der Waals surface area contributed by atoms with Crippen LogP contribution in [0.2, 0.25) is 0 Å². The van der Waals surface area contributed by atoms with Gasteiger partial charge in [-0.1, -0.05) is 0 Å². The van der Waals surface area contributed by atoms with Gasteiger partial charge in [-0.15, -0.1) is 0 Å². The summed E-state index contributed by atoms with van der Waals surface area (Å²) in [6.07, 6.45) is -0.436. The molecule has 3 heterocycles. The van der Waals surface area contributed by atoms with E-state index in [9.17, 15) is 19.2 Å². The predicted molar refractivity (Wildman–Crippen MR) is 139 cm³/mol. The zero-order chi connectivity index (χ0) is 28.5. The molecule has 0 saturated carbocycles. The molecule has 2 aliphatic rings. The minimum absolute atomic E-state index is 0.0586. The Morgan fingerprint density at radius 1 is 1.26 bits per heavy atom. The first-order valence-electron chi connectivity index (χ1n) is 12.4. The number of hydrogen-bond donors (Lipinski definition) is 2. The Labute approximate surface area is 224 Å². The maximum Gasteiger partial charge on any atom is 0.414 e. The lowest BCUT2D eigenvalue weighted by Gasteiger charge is -2.49. The number of Topliss-reactive ketones (excluding diaryl/α,β-unsaturated/α-hetero) is 1. The first-order chi connectivity index (χ1) is 18.5. The molecule has 1 aromatic heterocycles. The summed E-state index contributed by atoms with van der Waals surface area (Å²) in [6, 6.07) is 7.69. The van der Waals surface area contributed by atoms with Crippen LogP contribution in [0.25, 0.3) is 11.1 Å². The van der Waals surface area contributed by atoms with E-state index in [1.807, 2.05) is 0 Å². The molecule has 3 atom stereocenters. The molecule has 2 fully saturated rings. The van der Waals surface area contributed by atoms with Crippen molar-refractivity contribution in [3.05, 3.63) is 42.3 Å². The van der Waals surface area contributed by atoms with E-state index < -0.39 is 41.6 Å². The zero-order valence-electron chi connectivity index (χ0n) is 22.1. The largest absolute Gasteiger partial charge is 0.453 e. The van der Waals surface area contributed by atoms with Crippen LogP contribution >= 0.6 is 0 Å². The Hall–Kier alpha value is -4.26. The Bertz CT molecular complexity index is 1290. The second kappa shape index (κ2) is 10.8. The van der Waals surface area contributed by atoms with Crippen LogP contribution in [0.3, 0.4) is 0 Å². The van der Waals surface area contributed by atoms with Gasteiger partial charge in [0.05, 0.1) is 31.8 Å². The number of carbonyl (C=O) groups is 4. The van der Waals surface area contributed by atoms with E-state index in [4.69, 9.17) is 15.2 Å². The fourth-order valence-corrected chi connectivity index (χ4v) is 4.89. The van der Waals surface area contributed by atoms with Crippen LogP contribution in [-0.2, 0) is 19.1 Å². The van der Waals surface area contributed by atoms with Crippen molar-refractivity contribution in [1.82, 2.24) is 15.2 Å². The fourth-order valence-electron chi connectivity index (χ4n) is 4.89. The molecule has 0 spiro atoms. The number of rotatable bonds is 7. The minimum Gasteiger partial charge on any atom is -0.453 e. The van der Waals surface area contributed by atoms with Crippen LogP contribution in [0.5, 0.6) is 0 Å². The molecule has 4 rings (SSSR count). The maximum atomic E-state index is 15.2. The number of likely N-dealkylation sites (N-methyl/N-ethyl adjacent to an activating group) is 1. The lowest BCUT2D eigenvalue weighted by Crippen LogP contribution is -2.73. The quantitative estimate of drug-likeness (QED) is 0.534. The second-order valence-electron chi connectivity index (χ2n) is 9.50. The van der Waals surface area contributed by atoms with Crippen molar-refractivity contribution >= 4 is 35.4 Å². The van der Waals surface area contributed by atoms with Crippen molar-refractivity contribution in [3.63, 3.8) is 0 Å². The fraction of sp³-hybridized carbons (Fsp3) is 0.423. The Morgan fingerprint density at radius 2 is 2.00 bits per heavy atom. The van der Waals surface area contributed by atoms with Crippen LogP contribution < -0.4 is 20.9 Å². The van der Waals surface area contributed by atoms with Crippen LogP contribution in [0.1, 0.15) is 13.8 Å². The van der Waals surface area contributed by atoms with Gasteiger partial charge in [0.2, 0.25) is 5.91 Å². The van der Waals surface area contributed by atoms with Crippen molar-refractivity contribution < 1.29 is 33.0 Å². The lowest BCUT2D eigenvalue weighted by atomic mass is 9.99. The van der Waals surface area contributed by atoms with Gasteiger partial charge in [-0.05, 0) is 51.2 Å². The zero-order valence-corrected chi connectivity index (χ0v) is 22.1. The number of amides is 3. The molecule has 3 N–H and O–H groups in total. The van der Waals surface area contributed by atoms with E-state index in [2.05, 4.69) is 10.3 Å². The third-order valence-corrected chi connectivity index (χ3v) is 7.34. The molecule has 39 heavy (non-hydrogen) atoms. The molecule has 0 aliphatic carbocycles. The van der Waals surface area contributed by atoms with Crippen LogP contribution in [-0.4, -0.2) is 85.9 Å². The summed E-state index contributed by atoms with van der Waals surface area (Å²) in [5, 5.41) is 3.04. The van der Waals surface area contributed by atoms with Crippen molar-refractivity contribution in [3.8, 4) is 11.1 Å². The highest BCUT2D eigenvalue weighted by molar-refractivity contribution is 5.92. The van der Waals surface area contributed by atoms with E-state index >= 15 is 4.39 Å². The van der Waals surface area contributed by atoms with E-state index in [1.165, 1.54) is 42.2 Å². The molecule has 13 heteroatoms. The monoisotopic (exact) mass is 542 g/mol. The molecule has 3 amide bonds. The number of nitrogens with zero attached hydrogens (tertiary/aromatic N) is 4. The number of benzene rings is 1. The topological polar surface area (TPSA) is 147 Å². The average Bonchev–Trinajstić information content (AvgIpc) is 3.32. The van der Waals surface area contributed by atoms with Gasteiger partial charge in [0.1, 0.15) is 17.7 Å². The van der Waals surface area contributed by atoms with Gasteiger partial charge in [0.25, 0.3) is 0 Å². The average molecular weight is 543 g/mol. The third-order valence-electron chi connectivity index (χ3n) is 7.34. The lowest BCUT2D eigenvalue weighted by molar-refractivity contribution is -0.125. The number of pyridine rings is 1. The van der Waals surface area contributed by atoms with Gasteiger partial charge < -0.3 is 25.0 Å². The number of carbonyl (C=O) groups excluding carboxylic acids is 4. The standard InChI is InChI=1S/C26H31FN6O6/c1-15(23(28)35)21-13-32(25(37)39-21)18-6-7-19(20(27)11-18)17-5-8-22(30-12-17)33-10-9-31(24(36)38-4)14-26(33,29-3)16(2)34/h5-8,11-12,15,21,29H,9-10,13-14H2,1-4H3,(H2,28,35). The number of hydrogen-bond acceptors (Lipinski definition) is 9. The molecule has 2 saturated heterocycles. The second-order valence-corrected chi connectivity index (χ2v) is 9.50. The van der Waals surface area contributed by atoms with E-state index in [-0.39, 0.29) is 30.1 Å². The summed E-state index contributed by atoms with van der Waals surface area (Å²) < 4.78 is 25.3. The number of nitrogens with two attached hydrogens (primary N) is 1. The number of halogens is 1. The third kappa shape index (κ3) is 5.09. The number of anilines is 2. The van der Waals surface area contributed by atoms with E-state index in [1.54, 1.807) is 37.1 Å². The van der Waals surface area contributed by atoms with Crippen molar-refractivity contribution in [2.45, 2.75) is 25.6 Å². The Balaban J connectivity index is 1.56. The van der Waals surface area contributed by atoms with Crippen molar-refractivity contribution in [1.29, 1.82) is 0 Å². The predicted octanol–water partition coefficient (Wildman–Crippen LogP) is 1.73. The maximum absolute atomic E-state index is 15.2. The number of methoxy groups -OCH3 is 1. The van der Waals surface area contributed by atoms with Crippen molar-refractivity contribution in [2.24, 2.45) is 11.7 Å². The van der Waals surface area contributed by atoms with Gasteiger partial charge in [-0.2, -0.15) is 0 Å². The smallest absolute Gasteiger partial charge is 0.414 e. The molecule has 0 bridgehead atoms. The van der Waals surface area contributed by atoms with Gasteiger partial charge in [0, 0.05) is 30.4 Å². The summed E-state index contributed by atoms with van der Waals surface area (Å²) in [6.45, 7) is 3.77. The van der Waals surface area contributed by atoms with Gasteiger partial charge >= 0.3 is 12.2 Å². The van der Waals surface area contributed by atoms with Crippen LogP contribution in [0.4, 0.5) is 25.5 Å². The number of cyclic esters (lactones) is 1. The van der Waals surface area contributed by atoms with Gasteiger partial charge in [0.15, 0.2) is 11.4 Å². The molecule has 2 aromatic rings. The minimum atomic E-state index is -1.22. The van der Waals surface area contributed by atoms with Gasteiger partial charge in [-0.25, -0.2) is 19.0 Å². The number of aromatic nitrogens is 1. The first kappa shape index (κ1) is 27.8. The highest BCUT2D eigenvalue weighted by Crippen LogP contribution is 2.32. The molecular weight excluding hydrogens is 511 g/mol. The summed E-state index contributed by atoms with van der Waals surface area (Å²) >= 11 is 0. The first-order valence-corrected chi connectivity index (χ1v) is 12.4. The Morgan fingerprint density at radius 3 is 2.56 bits per heavy atom. The van der Waals surface area contributed by atoms with Gasteiger partial charge in [-0.3, -0.25) is 19.8 Å². The van der Waals surface area contributed by atoms with Crippen LogP contribution in [0, 0.1) is 11.7 Å². The number of ether oxygens (including phenoxy) is 2. The normalized spacial score (nSPS) is 21.9. The summed E-state index contributed by atoms with van der Waals surface area (Å²) in [5.74, 6) is -1.59. The Kier molecular flexibility index (Phi) is 7.72. The van der Waals surface area contributed by atoms with E-state index in [0.29, 0.717) is 24.5 Å². The number of piperazine rings is 1. The molecule has 3 unspecified atom stereocenters. The summed E-state index contributed by atoms with van der Waals surface area (Å²) in [5.41, 5.74) is 5.12. The molecular formula is C26H31FN6O6. The molecule has 1 aromatic carbocycles. The summed E-state index contributed by atoms with van der Waals surface area (Å²) in [7, 11) is 2.92. The SMILES string of the molecule is CNC1(C(C)=O)CN(C(=O)OC)CCN1c1ccc(-c2ccc(N3CC(C(C)C(N)=O)OC3=O)cc2F)cn1. The van der Waals surface area contributed by atoms with Crippen LogP contribution in [0.15, 0.2) is 36.5 Å². The highest BCUT2D eigenvalue weighted by atomic mass is 19.1. The summed E-state index contributed by atoms with van der Waals surface area (Å²) in [4.78, 5) is 57.6. The van der Waals surface area contributed by atoms with Crippen molar-refractivity contribution in [2.75, 3.05) is 50.1 Å². The number of ketones is 1. The highest BCUT2D eigenvalue weighted by Gasteiger charge is 2.47. The van der Waals surface area contributed by atoms with E-state index in [0.717, 1.165) is 0 Å².